The van der Waals surface area contributed by atoms with Crippen molar-refractivity contribution in [3.63, 3.8) is 0 Å². The molecule has 0 aliphatic rings. The van der Waals surface area contributed by atoms with Crippen molar-refractivity contribution in [3.8, 4) is 0 Å². The number of amides is 5. The van der Waals surface area contributed by atoms with Gasteiger partial charge in [-0.25, -0.2) is 4.79 Å². The van der Waals surface area contributed by atoms with Crippen molar-refractivity contribution >= 4 is 41.7 Å². The second-order valence-corrected chi connectivity index (χ2v) is 8.89. The molecule has 15 heteroatoms. The molecule has 1 unspecified atom stereocenters. The van der Waals surface area contributed by atoms with E-state index in [0.717, 1.165) is 5.56 Å². The average Bonchev–Trinajstić information content (AvgIpc) is 3.01. The van der Waals surface area contributed by atoms with Crippen molar-refractivity contribution in [1.29, 1.82) is 0 Å². The van der Waals surface area contributed by atoms with Crippen LogP contribution in [0.25, 0.3) is 0 Å². The highest BCUT2D eigenvalue weighted by Gasteiger charge is 2.23. The maximum Gasteiger partial charge on any atom is 0.408 e. The molecule has 0 aliphatic carbocycles. The number of carboxylic acids is 1. The van der Waals surface area contributed by atoms with E-state index in [-0.39, 0.29) is 26.1 Å². The molecule has 2 rings (SSSR count). The van der Waals surface area contributed by atoms with E-state index in [9.17, 15) is 33.6 Å². The highest BCUT2D eigenvalue weighted by atomic mass is 16.5. The van der Waals surface area contributed by atoms with E-state index in [1.54, 1.807) is 54.6 Å². The lowest BCUT2D eigenvalue weighted by molar-refractivity contribution is -0.145. The molecule has 1 atom stereocenters. The Balaban J connectivity index is 1.82. The van der Waals surface area contributed by atoms with E-state index < -0.39 is 73.9 Å². The van der Waals surface area contributed by atoms with Crippen LogP contribution in [0.15, 0.2) is 60.7 Å². The number of carbonyl (C=O) groups is 7. The summed E-state index contributed by atoms with van der Waals surface area (Å²) in [6, 6.07) is 16.5. The number of carboxylic acid groups (broad SMARTS) is 1. The molecule has 2 aromatic rings. The molecular formula is C28H33N5O10. The Morgan fingerprint density at radius 2 is 1.09 bits per heavy atom. The summed E-state index contributed by atoms with van der Waals surface area (Å²) in [4.78, 5) is 83.2. The second-order valence-electron chi connectivity index (χ2n) is 8.89. The number of esters is 1. The zero-order chi connectivity index (χ0) is 31.5. The molecule has 0 heterocycles. The maximum atomic E-state index is 12.8. The summed E-state index contributed by atoms with van der Waals surface area (Å²) in [5.41, 5.74) is 1.48. The first-order chi connectivity index (χ1) is 20.6. The molecule has 0 fully saturated rings. The van der Waals surface area contributed by atoms with Gasteiger partial charge in [0.25, 0.3) is 0 Å². The van der Waals surface area contributed by atoms with Crippen LogP contribution in [0.3, 0.4) is 0 Å². The van der Waals surface area contributed by atoms with Crippen LogP contribution in [0, 0.1) is 0 Å². The van der Waals surface area contributed by atoms with E-state index in [1.807, 2.05) is 6.07 Å². The summed E-state index contributed by atoms with van der Waals surface area (Å²) in [5, 5.41) is 19.7. The van der Waals surface area contributed by atoms with E-state index in [2.05, 4.69) is 26.6 Å². The van der Waals surface area contributed by atoms with Crippen molar-refractivity contribution in [2.24, 2.45) is 0 Å². The van der Waals surface area contributed by atoms with Crippen LogP contribution < -0.4 is 26.6 Å². The third-order valence-corrected chi connectivity index (χ3v) is 5.45. The molecule has 0 spiro atoms. The predicted octanol–water partition coefficient (Wildman–Crippen LogP) is -0.646. The van der Waals surface area contributed by atoms with Crippen LogP contribution >= 0.6 is 0 Å². The summed E-state index contributed by atoms with van der Waals surface area (Å²) in [6.45, 7) is -2.24. The van der Waals surface area contributed by atoms with Crippen LogP contribution in [0.2, 0.25) is 0 Å². The lowest BCUT2D eigenvalue weighted by Crippen LogP contribution is -2.50. The normalized spacial score (nSPS) is 10.8. The lowest BCUT2D eigenvalue weighted by Gasteiger charge is -2.18. The van der Waals surface area contributed by atoms with Gasteiger partial charge in [-0.15, -0.1) is 0 Å². The Labute approximate surface area is 246 Å². The van der Waals surface area contributed by atoms with Crippen LogP contribution in [-0.4, -0.2) is 79.0 Å². The molecule has 6 N–H and O–H groups in total. The number of ether oxygens (including phenoxy) is 2. The van der Waals surface area contributed by atoms with Crippen LogP contribution in [0.4, 0.5) is 4.79 Å². The predicted molar refractivity (Wildman–Crippen MR) is 149 cm³/mol. The number of nitrogens with one attached hydrogen (secondary N) is 5. The Bertz CT molecular complexity index is 1260. The highest BCUT2D eigenvalue weighted by Crippen LogP contribution is 2.06. The van der Waals surface area contributed by atoms with Gasteiger partial charge in [0.2, 0.25) is 23.6 Å². The van der Waals surface area contributed by atoms with Gasteiger partial charge in [0.15, 0.2) is 0 Å². The fourth-order valence-corrected chi connectivity index (χ4v) is 3.26. The largest absolute Gasteiger partial charge is 0.480 e. The summed E-state index contributed by atoms with van der Waals surface area (Å²) < 4.78 is 10.4. The summed E-state index contributed by atoms with van der Waals surface area (Å²) in [5.74, 6) is -4.88. The Hall–Kier alpha value is -5.47. The number of hydrogen-bond donors (Lipinski definition) is 6. The summed E-state index contributed by atoms with van der Waals surface area (Å²) >= 11 is 0. The van der Waals surface area contributed by atoms with Crippen molar-refractivity contribution in [1.82, 2.24) is 26.6 Å². The molecule has 0 saturated heterocycles. The molecule has 43 heavy (non-hydrogen) atoms. The Kier molecular flexibility index (Phi) is 14.7. The molecule has 2 aromatic carbocycles. The van der Waals surface area contributed by atoms with Gasteiger partial charge in [0, 0.05) is 6.42 Å². The van der Waals surface area contributed by atoms with Gasteiger partial charge in [-0.1, -0.05) is 60.7 Å². The zero-order valence-corrected chi connectivity index (χ0v) is 23.1. The third kappa shape index (κ3) is 15.2. The summed E-state index contributed by atoms with van der Waals surface area (Å²) in [7, 11) is 0. The highest BCUT2D eigenvalue weighted by molar-refractivity contribution is 5.92. The van der Waals surface area contributed by atoms with Crippen molar-refractivity contribution in [2.75, 3.05) is 26.2 Å². The van der Waals surface area contributed by atoms with E-state index in [1.165, 1.54) is 0 Å². The zero-order valence-electron chi connectivity index (χ0n) is 23.1. The van der Waals surface area contributed by atoms with Crippen molar-refractivity contribution in [3.05, 3.63) is 71.8 Å². The number of aliphatic carboxylic acids is 1. The molecule has 0 bridgehead atoms. The average molecular weight is 600 g/mol. The van der Waals surface area contributed by atoms with Gasteiger partial charge < -0.3 is 41.2 Å². The van der Waals surface area contributed by atoms with Crippen LogP contribution in [0.5, 0.6) is 0 Å². The van der Waals surface area contributed by atoms with E-state index in [0.29, 0.717) is 5.56 Å². The van der Waals surface area contributed by atoms with Crippen LogP contribution in [0.1, 0.15) is 24.0 Å². The first-order valence-electron chi connectivity index (χ1n) is 13.1. The number of rotatable bonds is 17. The number of alkyl carbamates (subject to hydrolysis) is 1. The molecule has 230 valence electrons. The number of hydrogen-bond acceptors (Lipinski definition) is 9. The lowest BCUT2D eigenvalue weighted by atomic mass is 10.1. The molecular weight excluding hydrogens is 566 g/mol. The molecule has 15 nitrogen and oxygen atoms in total. The van der Waals surface area contributed by atoms with Crippen molar-refractivity contribution < 1.29 is 48.1 Å². The monoisotopic (exact) mass is 599 g/mol. The fourth-order valence-electron chi connectivity index (χ4n) is 3.26. The van der Waals surface area contributed by atoms with E-state index in [4.69, 9.17) is 14.6 Å². The fraction of sp³-hybridized carbons (Fsp3) is 0.321. The quantitative estimate of drug-likeness (QED) is 0.126. The first kappa shape index (κ1) is 33.7. The van der Waals surface area contributed by atoms with Gasteiger partial charge in [0.1, 0.15) is 25.8 Å². The van der Waals surface area contributed by atoms with E-state index >= 15 is 0 Å². The molecule has 5 amide bonds. The third-order valence-electron chi connectivity index (χ3n) is 5.45. The van der Waals surface area contributed by atoms with Gasteiger partial charge in [0.05, 0.1) is 19.6 Å². The number of carbonyl (C=O) groups excluding carboxylic acids is 6. The topological polar surface area (TPSA) is 218 Å². The smallest absolute Gasteiger partial charge is 0.408 e. The molecule has 0 aliphatic heterocycles. The molecule has 0 radical (unpaired) electrons. The van der Waals surface area contributed by atoms with Gasteiger partial charge >= 0.3 is 18.0 Å². The molecule has 0 aromatic heterocycles. The van der Waals surface area contributed by atoms with Gasteiger partial charge in [-0.2, -0.15) is 0 Å². The minimum Gasteiger partial charge on any atom is -0.480 e. The van der Waals surface area contributed by atoms with Gasteiger partial charge in [-0.3, -0.25) is 28.8 Å². The van der Waals surface area contributed by atoms with Crippen LogP contribution in [-0.2, 0) is 51.5 Å². The maximum absolute atomic E-state index is 12.8. The minimum atomic E-state index is -1.26. The number of benzene rings is 2. The first-order valence-corrected chi connectivity index (χ1v) is 13.1. The summed E-state index contributed by atoms with van der Waals surface area (Å²) in [6.07, 6.45) is -1.31. The minimum absolute atomic E-state index is 0.0316. The standard InChI is InChI=1S/C28H33N5O10/c34-22(29-14-23(35)31-16-25(37)38)13-30-24(36)15-32-27(40)21(33-28(41)43-18-20-9-5-2-6-10-20)11-12-26(39)42-17-19-7-3-1-4-8-19/h1-10,21H,11-18H2,(H,29,34)(H,30,36)(H,31,35)(H,32,40)(H,33,41)(H,37,38). The van der Waals surface area contributed by atoms with Gasteiger partial charge in [-0.05, 0) is 17.5 Å². The SMILES string of the molecule is O=C(O)CNC(=O)CNC(=O)CNC(=O)CNC(=O)C(CCC(=O)OCc1ccccc1)NC(=O)OCc1ccccc1. The second kappa shape index (κ2) is 18.8. The van der Waals surface area contributed by atoms with Crippen molar-refractivity contribution in [2.45, 2.75) is 32.1 Å². The Morgan fingerprint density at radius 1 is 0.628 bits per heavy atom. The molecule has 0 saturated carbocycles. The Morgan fingerprint density at radius 3 is 1.60 bits per heavy atom.